The second kappa shape index (κ2) is 9.86. The second-order valence-electron chi connectivity index (χ2n) is 9.90. The topological polar surface area (TPSA) is 45.3 Å². The third kappa shape index (κ3) is 4.12. The minimum absolute atomic E-state index is 0.0612. The van der Waals surface area contributed by atoms with Crippen LogP contribution in [0.1, 0.15) is 33.1 Å². The number of aromatic amines is 1. The number of carbonyl (C=O) groups excluding carboxylic acids is 1. The Morgan fingerprint density at radius 1 is 0.750 bits per heavy atom. The number of carbonyl (C=O) groups is 1. The average molecular weight is 525 g/mol. The highest BCUT2D eigenvalue weighted by molar-refractivity contribution is 6.13. The van der Waals surface area contributed by atoms with Crippen molar-refractivity contribution in [2.45, 2.75) is 12.6 Å². The zero-order valence-corrected chi connectivity index (χ0v) is 21.6. The maximum absolute atomic E-state index is 14.0. The van der Waals surface area contributed by atoms with E-state index in [9.17, 15) is 9.18 Å². The number of fused-ring (bicyclic) bond motifs is 2. The Hall–Kier alpha value is -5.16. The Morgan fingerprint density at radius 3 is 2.25 bits per heavy atom. The number of nitrogens with one attached hydrogen (secondary N) is 1. The quantitative estimate of drug-likeness (QED) is 0.238. The van der Waals surface area contributed by atoms with Gasteiger partial charge in [-0.15, -0.1) is 0 Å². The molecule has 0 aliphatic carbocycles. The normalized spacial score (nSPS) is 14.5. The van der Waals surface area contributed by atoms with Crippen LogP contribution in [0.15, 0.2) is 127 Å². The number of hydrogen-bond donors (Lipinski definition) is 1. The van der Waals surface area contributed by atoms with Crippen molar-refractivity contribution in [1.29, 1.82) is 0 Å². The number of para-hydroxylation sites is 1. The maximum atomic E-state index is 14.0. The number of benzene rings is 5. The Balaban J connectivity index is 1.34. The van der Waals surface area contributed by atoms with E-state index in [1.165, 1.54) is 12.1 Å². The zero-order valence-electron chi connectivity index (χ0n) is 21.6. The van der Waals surface area contributed by atoms with Crippen molar-refractivity contribution in [2.24, 2.45) is 0 Å². The van der Waals surface area contributed by atoms with Gasteiger partial charge >= 0.3 is 0 Å². The fourth-order valence-corrected chi connectivity index (χ4v) is 5.60. The molecule has 1 aliphatic heterocycles. The van der Waals surface area contributed by atoms with E-state index in [0.717, 1.165) is 50.3 Å². The van der Waals surface area contributed by atoms with Gasteiger partial charge in [0.1, 0.15) is 18.2 Å². The monoisotopic (exact) mass is 524 g/mol. The molecule has 0 saturated carbocycles. The minimum atomic E-state index is -0.379. The van der Waals surface area contributed by atoms with E-state index in [-0.39, 0.29) is 17.8 Å². The summed E-state index contributed by atoms with van der Waals surface area (Å²) in [5.41, 5.74) is 7.12. The molecular weight excluding hydrogens is 499 g/mol. The lowest BCUT2D eigenvalue weighted by Crippen LogP contribution is -2.28. The van der Waals surface area contributed by atoms with Crippen molar-refractivity contribution in [3.63, 3.8) is 0 Å². The molecule has 1 N–H and O–H groups in total. The Morgan fingerprint density at radius 2 is 1.45 bits per heavy atom. The molecule has 1 aromatic heterocycles. The number of hydrogen-bond acceptors (Lipinski definition) is 2. The van der Waals surface area contributed by atoms with Crippen LogP contribution in [-0.4, -0.2) is 10.9 Å². The van der Waals surface area contributed by atoms with E-state index in [2.05, 4.69) is 11.1 Å². The molecule has 1 unspecified atom stereocenters. The third-order valence-corrected chi connectivity index (χ3v) is 7.48. The van der Waals surface area contributed by atoms with Crippen molar-refractivity contribution < 1.29 is 13.9 Å². The van der Waals surface area contributed by atoms with Crippen LogP contribution in [0.4, 0.5) is 10.1 Å². The van der Waals surface area contributed by atoms with E-state index in [1.807, 2.05) is 102 Å². The molecule has 1 amide bonds. The predicted octanol–water partition coefficient (Wildman–Crippen LogP) is 8.30. The molecule has 40 heavy (non-hydrogen) atoms. The van der Waals surface area contributed by atoms with Gasteiger partial charge in [-0.3, -0.25) is 9.69 Å². The molecule has 5 heteroatoms. The molecule has 0 saturated heterocycles. The number of rotatable bonds is 6. The number of nitrogens with zero attached hydrogens (tertiary/aromatic N) is 1. The largest absolute Gasteiger partial charge is 0.489 e. The van der Waals surface area contributed by atoms with Gasteiger partial charge in [-0.2, -0.15) is 0 Å². The van der Waals surface area contributed by atoms with E-state index >= 15 is 0 Å². The molecule has 4 nitrogen and oxygen atoms in total. The van der Waals surface area contributed by atoms with Gasteiger partial charge in [0.05, 0.1) is 11.7 Å². The summed E-state index contributed by atoms with van der Waals surface area (Å²) in [4.78, 5) is 19.4. The third-order valence-electron chi connectivity index (χ3n) is 7.48. The van der Waals surface area contributed by atoms with Gasteiger partial charge in [0.15, 0.2) is 0 Å². The minimum Gasteiger partial charge on any atom is -0.489 e. The van der Waals surface area contributed by atoms with Gasteiger partial charge in [0, 0.05) is 27.7 Å². The standard InChI is InChI=1S/C35H25FN2O2/c36-25-16-14-24(15-17-25)33-32(30-12-6-7-13-31(30)37-33)34-28-10-4-5-11-29(28)35(39)38(34)26-18-20-27(21-19-26)40-22-23-8-2-1-3-9-23/h1-21,34,37H,22H2. The maximum Gasteiger partial charge on any atom is 0.259 e. The Labute approximate surface area is 231 Å². The summed E-state index contributed by atoms with van der Waals surface area (Å²) in [6.07, 6.45) is 0. The molecule has 0 bridgehead atoms. The molecule has 194 valence electrons. The van der Waals surface area contributed by atoms with Crippen LogP contribution in [0.3, 0.4) is 0 Å². The van der Waals surface area contributed by atoms with Gasteiger partial charge in [-0.25, -0.2) is 4.39 Å². The molecule has 1 aliphatic rings. The van der Waals surface area contributed by atoms with Gasteiger partial charge < -0.3 is 9.72 Å². The fraction of sp³-hybridized carbons (Fsp3) is 0.0571. The molecule has 0 spiro atoms. The number of ether oxygens (including phenoxy) is 1. The van der Waals surface area contributed by atoms with Crippen LogP contribution in [0.2, 0.25) is 0 Å². The second-order valence-corrected chi connectivity index (χ2v) is 9.90. The summed E-state index contributed by atoms with van der Waals surface area (Å²) in [6.45, 7) is 0.466. The van der Waals surface area contributed by atoms with Gasteiger partial charge in [0.25, 0.3) is 5.91 Å². The Kier molecular flexibility index (Phi) is 5.90. The van der Waals surface area contributed by atoms with Crippen LogP contribution in [0, 0.1) is 5.82 Å². The first-order valence-electron chi connectivity index (χ1n) is 13.2. The van der Waals surface area contributed by atoms with Crippen molar-refractivity contribution in [3.8, 4) is 17.0 Å². The van der Waals surface area contributed by atoms with Crippen LogP contribution in [0.5, 0.6) is 5.75 Å². The van der Waals surface area contributed by atoms with E-state index < -0.39 is 0 Å². The van der Waals surface area contributed by atoms with E-state index in [4.69, 9.17) is 4.74 Å². The SMILES string of the molecule is O=C1c2ccccc2C(c2c(-c3ccc(F)cc3)[nH]c3ccccc23)N1c1ccc(OCc2ccccc2)cc1. The number of aromatic nitrogens is 1. The van der Waals surface area contributed by atoms with Gasteiger partial charge in [0.2, 0.25) is 0 Å². The highest BCUT2D eigenvalue weighted by atomic mass is 19.1. The highest BCUT2D eigenvalue weighted by Gasteiger charge is 2.41. The van der Waals surface area contributed by atoms with Crippen LogP contribution in [-0.2, 0) is 6.61 Å². The lowest BCUT2D eigenvalue weighted by atomic mass is 9.93. The smallest absolute Gasteiger partial charge is 0.259 e. The first-order chi connectivity index (χ1) is 19.7. The summed E-state index contributed by atoms with van der Waals surface area (Å²) in [5, 5.41) is 1.02. The number of amides is 1. The number of anilines is 1. The molecule has 2 heterocycles. The molecule has 0 fully saturated rings. The first kappa shape index (κ1) is 23.9. The number of halogens is 1. The molecule has 6 aromatic rings. The van der Waals surface area contributed by atoms with E-state index in [1.54, 1.807) is 12.1 Å². The van der Waals surface area contributed by atoms with Gasteiger partial charge in [-0.1, -0.05) is 66.7 Å². The summed E-state index contributed by atoms with van der Waals surface area (Å²) >= 11 is 0. The average Bonchev–Trinajstić information content (AvgIpc) is 3.52. The van der Waals surface area contributed by atoms with Gasteiger partial charge in [-0.05, 0) is 77.4 Å². The predicted molar refractivity (Wildman–Crippen MR) is 156 cm³/mol. The van der Waals surface area contributed by atoms with Crippen molar-refractivity contribution in [1.82, 2.24) is 4.98 Å². The fourth-order valence-electron chi connectivity index (χ4n) is 5.60. The van der Waals surface area contributed by atoms with E-state index in [0.29, 0.717) is 12.2 Å². The first-order valence-corrected chi connectivity index (χ1v) is 13.2. The van der Waals surface area contributed by atoms with Crippen molar-refractivity contribution >= 4 is 22.5 Å². The van der Waals surface area contributed by atoms with Crippen molar-refractivity contribution in [3.05, 3.63) is 155 Å². The molecule has 5 aromatic carbocycles. The van der Waals surface area contributed by atoms with Crippen LogP contribution >= 0.6 is 0 Å². The summed E-state index contributed by atoms with van der Waals surface area (Å²) in [6, 6.07) is 39.6. The Bertz CT molecular complexity index is 1830. The lowest BCUT2D eigenvalue weighted by Gasteiger charge is -2.27. The lowest BCUT2D eigenvalue weighted by molar-refractivity contribution is 0.0993. The summed E-state index contributed by atoms with van der Waals surface area (Å²) in [7, 11) is 0. The molecule has 7 rings (SSSR count). The van der Waals surface area contributed by atoms with Crippen LogP contribution < -0.4 is 9.64 Å². The molecule has 1 atom stereocenters. The molecular formula is C35H25FN2O2. The molecule has 0 radical (unpaired) electrons. The zero-order chi connectivity index (χ0) is 27.1. The highest BCUT2D eigenvalue weighted by Crippen LogP contribution is 2.47. The van der Waals surface area contributed by atoms with Crippen LogP contribution in [0.25, 0.3) is 22.2 Å². The number of H-pyrrole nitrogens is 1. The van der Waals surface area contributed by atoms with Crippen molar-refractivity contribution in [2.75, 3.05) is 4.90 Å². The summed E-state index contributed by atoms with van der Waals surface area (Å²) < 4.78 is 19.9. The summed E-state index contributed by atoms with van der Waals surface area (Å²) in [5.74, 6) is 0.375.